The van der Waals surface area contributed by atoms with E-state index in [4.69, 9.17) is 4.42 Å². The van der Waals surface area contributed by atoms with Crippen LogP contribution in [0, 0.1) is 0 Å². The number of hydrogen-bond acceptors (Lipinski definition) is 6. The highest BCUT2D eigenvalue weighted by atomic mass is 32.1. The van der Waals surface area contributed by atoms with Crippen LogP contribution in [0.4, 0.5) is 0 Å². The molecule has 3 heterocycles. The highest BCUT2D eigenvalue weighted by molar-refractivity contribution is 7.13. The summed E-state index contributed by atoms with van der Waals surface area (Å²) in [6.07, 6.45) is 0. The molecule has 1 aliphatic heterocycles. The van der Waals surface area contributed by atoms with E-state index in [0.29, 0.717) is 12.1 Å². The van der Waals surface area contributed by atoms with Gasteiger partial charge in [-0.2, -0.15) is 4.68 Å². The second kappa shape index (κ2) is 7.20. The molecule has 2 amide bonds. The van der Waals surface area contributed by atoms with Crippen molar-refractivity contribution in [2.24, 2.45) is 0 Å². The lowest BCUT2D eigenvalue weighted by Crippen LogP contribution is -2.39. The van der Waals surface area contributed by atoms with E-state index in [2.05, 4.69) is 10.4 Å². The number of nitrogens with zero attached hydrogens (tertiary/aromatic N) is 3. The number of nitrogens with one attached hydrogen (secondary N) is 1. The van der Waals surface area contributed by atoms with Crippen molar-refractivity contribution in [1.82, 2.24) is 20.0 Å². The summed E-state index contributed by atoms with van der Waals surface area (Å²) in [5.41, 5.74) is 1.56. The summed E-state index contributed by atoms with van der Waals surface area (Å²) in [7, 11) is 0. The number of carbonyl (C=O) groups excluding carboxylic acids is 2. The minimum Gasteiger partial charge on any atom is -0.387 e. The molecule has 0 spiro atoms. The van der Waals surface area contributed by atoms with Crippen LogP contribution in [-0.4, -0.2) is 39.6 Å². The molecule has 1 N–H and O–H groups in total. The zero-order valence-electron chi connectivity index (χ0n) is 14.3. The number of hydrogen-bond donors (Lipinski definition) is 1. The van der Waals surface area contributed by atoms with Gasteiger partial charge in [-0.25, -0.2) is 4.79 Å². The van der Waals surface area contributed by atoms with Crippen LogP contribution in [0.1, 0.15) is 15.9 Å². The Kier molecular flexibility index (Phi) is 4.59. The van der Waals surface area contributed by atoms with Crippen LogP contribution in [0.2, 0.25) is 0 Å². The number of thiophene rings is 1. The average molecular weight is 384 g/mol. The van der Waals surface area contributed by atoms with E-state index < -0.39 is 5.76 Å². The van der Waals surface area contributed by atoms with Gasteiger partial charge in [0.1, 0.15) is 6.54 Å². The summed E-state index contributed by atoms with van der Waals surface area (Å²) in [5.74, 6) is -0.736. The Morgan fingerprint density at radius 1 is 1.22 bits per heavy atom. The first-order valence-corrected chi connectivity index (χ1v) is 9.25. The fraction of sp³-hybridized carbons (Fsp3) is 0.222. The molecular weight excluding hydrogens is 368 g/mol. The molecule has 0 saturated heterocycles. The number of carbonyl (C=O) groups is 2. The third kappa shape index (κ3) is 3.54. The molecule has 2 aromatic heterocycles. The lowest BCUT2D eigenvalue weighted by atomic mass is 10.1. The van der Waals surface area contributed by atoms with Gasteiger partial charge in [-0.1, -0.05) is 24.3 Å². The van der Waals surface area contributed by atoms with Crippen molar-refractivity contribution in [3.8, 4) is 10.8 Å². The van der Waals surface area contributed by atoms with E-state index in [1.165, 1.54) is 20.9 Å². The summed E-state index contributed by atoms with van der Waals surface area (Å²) in [5, 5.41) is 8.70. The topological polar surface area (TPSA) is 97.4 Å². The zero-order valence-corrected chi connectivity index (χ0v) is 15.1. The van der Waals surface area contributed by atoms with Crippen molar-refractivity contribution in [2.75, 3.05) is 13.1 Å². The molecule has 0 bridgehead atoms. The lowest BCUT2D eigenvalue weighted by Gasteiger charge is -2.15. The van der Waals surface area contributed by atoms with Gasteiger partial charge in [0.05, 0.1) is 11.4 Å². The van der Waals surface area contributed by atoms with Gasteiger partial charge in [0, 0.05) is 18.7 Å². The first-order valence-electron chi connectivity index (χ1n) is 8.37. The van der Waals surface area contributed by atoms with Crippen LogP contribution in [0.15, 0.2) is 51.0 Å². The Morgan fingerprint density at radius 3 is 2.85 bits per heavy atom. The highest BCUT2D eigenvalue weighted by Gasteiger charge is 2.28. The van der Waals surface area contributed by atoms with E-state index in [0.717, 1.165) is 10.4 Å². The first-order chi connectivity index (χ1) is 13.1. The van der Waals surface area contributed by atoms with Crippen LogP contribution in [-0.2, 0) is 17.9 Å². The molecule has 4 rings (SSSR count). The monoisotopic (exact) mass is 384 g/mol. The van der Waals surface area contributed by atoms with E-state index in [1.54, 1.807) is 12.1 Å². The largest absolute Gasteiger partial charge is 0.437 e. The molecule has 8 nitrogen and oxygen atoms in total. The molecule has 138 valence electrons. The predicted octanol–water partition coefficient (Wildman–Crippen LogP) is 1.34. The SMILES string of the molecule is O=C(CN1Cc2ccccc2C1=O)NCCn1nc(-c2cccs2)oc1=O. The number of fused-ring (bicyclic) bond motifs is 1. The van der Waals surface area contributed by atoms with Gasteiger partial charge < -0.3 is 14.6 Å². The number of amides is 2. The van der Waals surface area contributed by atoms with Gasteiger partial charge in [0.2, 0.25) is 5.91 Å². The van der Waals surface area contributed by atoms with Gasteiger partial charge in [0.15, 0.2) is 0 Å². The Labute approximate surface area is 158 Å². The van der Waals surface area contributed by atoms with Crippen LogP contribution in [0.25, 0.3) is 10.8 Å². The molecule has 0 radical (unpaired) electrons. The fourth-order valence-corrected chi connectivity index (χ4v) is 3.56. The van der Waals surface area contributed by atoms with Crippen molar-refractivity contribution in [2.45, 2.75) is 13.1 Å². The van der Waals surface area contributed by atoms with Crippen LogP contribution in [0.5, 0.6) is 0 Å². The fourth-order valence-electron chi connectivity index (χ4n) is 2.92. The second-order valence-corrected chi connectivity index (χ2v) is 6.99. The number of aromatic nitrogens is 2. The summed E-state index contributed by atoms with van der Waals surface area (Å²) in [6, 6.07) is 11.0. The smallest absolute Gasteiger partial charge is 0.387 e. The van der Waals surface area contributed by atoms with Crippen LogP contribution in [0.3, 0.4) is 0 Å². The molecule has 0 unspecified atom stereocenters. The molecule has 1 aromatic carbocycles. The van der Waals surface area contributed by atoms with Gasteiger partial charge in [-0.15, -0.1) is 16.4 Å². The Balaban J connectivity index is 1.30. The Bertz CT molecular complexity index is 1040. The quantitative estimate of drug-likeness (QED) is 0.692. The molecular formula is C18H16N4O4S. The summed E-state index contributed by atoms with van der Waals surface area (Å²) >= 11 is 1.42. The molecule has 0 saturated carbocycles. The van der Waals surface area contributed by atoms with Crippen LogP contribution >= 0.6 is 11.3 Å². The first kappa shape index (κ1) is 17.2. The van der Waals surface area contributed by atoms with E-state index in [9.17, 15) is 14.4 Å². The van der Waals surface area contributed by atoms with Crippen molar-refractivity contribution < 1.29 is 14.0 Å². The molecule has 27 heavy (non-hydrogen) atoms. The van der Waals surface area contributed by atoms with Gasteiger partial charge in [0.25, 0.3) is 11.8 Å². The third-order valence-electron chi connectivity index (χ3n) is 4.21. The maximum atomic E-state index is 12.3. The number of rotatable bonds is 6. The van der Waals surface area contributed by atoms with E-state index in [-0.39, 0.29) is 37.3 Å². The molecule has 9 heteroatoms. The minimum atomic E-state index is -0.571. The van der Waals surface area contributed by atoms with Gasteiger partial charge in [-0.3, -0.25) is 9.59 Å². The molecule has 1 aliphatic rings. The van der Waals surface area contributed by atoms with E-state index >= 15 is 0 Å². The zero-order chi connectivity index (χ0) is 18.8. The standard InChI is InChI=1S/C18H16N4O4S/c23-15(11-21-10-12-4-1-2-5-13(12)17(21)24)19-7-8-22-18(25)26-16(20-22)14-6-3-9-27-14/h1-6,9H,7-8,10-11H2,(H,19,23). The maximum absolute atomic E-state index is 12.3. The Hall–Kier alpha value is -3.20. The van der Waals surface area contributed by atoms with Crippen molar-refractivity contribution >= 4 is 23.2 Å². The Morgan fingerprint density at radius 2 is 2.07 bits per heavy atom. The molecule has 0 atom stereocenters. The summed E-state index contributed by atoms with van der Waals surface area (Å²) in [4.78, 5) is 38.5. The predicted molar refractivity (Wildman–Crippen MR) is 98.3 cm³/mol. The lowest BCUT2D eigenvalue weighted by molar-refractivity contribution is -0.121. The third-order valence-corrected chi connectivity index (χ3v) is 5.07. The summed E-state index contributed by atoms with van der Waals surface area (Å²) < 4.78 is 6.29. The molecule has 0 aliphatic carbocycles. The van der Waals surface area contributed by atoms with Crippen molar-refractivity contribution in [3.05, 3.63) is 63.5 Å². The van der Waals surface area contributed by atoms with Crippen molar-refractivity contribution in [1.29, 1.82) is 0 Å². The molecule has 0 fully saturated rings. The van der Waals surface area contributed by atoms with Crippen molar-refractivity contribution in [3.63, 3.8) is 0 Å². The van der Waals surface area contributed by atoms with E-state index in [1.807, 2.05) is 29.6 Å². The number of benzene rings is 1. The van der Waals surface area contributed by atoms with Gasteiger partial charge in [-0.05, 0) is 23.1 Å². The highest BCUT2D eigenvalue weighted by Crippen LogP contribution is 2.22. The average Bonchev–Trinajstić information content (AvgIpc) is 3.37. The van der Waals surface area contributed by atoms with Crippen LogP contribution < -0.4 is 11.1 Å². The normalized spacial score (nSPS) is 13.0. The second-order valence-electron chi connectivity index (χ2n) is 6.04. The summed E-state index contributed by atoms with van der Waals surface area (Å²) in [6.45, 7) is 0.800. The molecule has 3 aromatic rings. The van der Waals surface area contributed by atoms with Gasteiger partial charge >= 0.3 is 5.76 Å². The maximum Gasteiger partial charge on any atom is 0.437 e. The minimum absolute atomic E-state index is 0.0261.